The summed E-state index contributed by atoms with van der Waals surface area (Å²) in [6, 6.07) is 12.5. The van der Waals surface area contributed by atoms with Crippen molar-refractivity contribution < 1.29 is 8.42 Å². The maximum absolute atomic E-state index is 12.3. The van der Waals surface area contributed by atoms with E-state index < -0.39 is 10.0 Å². The minimum atomic E-state index is -3.65. The molecular weight excluding hydrogens is 364 g/mol. The molecule has 2 aromatic rings. The van der Waals surface area contributed by atoms with Crippen molar-refractivity contribution in [2.75, 3.05) is 42.9 Å². The van der Waals surface area contributed by atoms with Crippen LogP contribution in [0.2, 0.25) is 0 Å². The summed E-state index contributed by atoms with van der Waals surface area (Å²) in [5, 5.41) is 12.0. The number of sulfonamides is 1. The Hall–Kier alpha value is -2.96. The van der Waals surface area contributed by atoms with E-state index in [0.29, 0.717) is 23.6 Å². The normalized spacial score (nSPS) is 18.8. The van der Waals surface area contributed by atoms with Crippen LogP contribution in [0.15, 0.2) is 51.9 Å². The average Bonchev–Trinajstić information content (AvgIpc) is 2.68. The van der Waals surface area contributed by atoms with Gasteiger partial charge in [-0.25, -0.2) is 4.98 Å². The number of nitriles is 1. The summed E-state index contributed by atoms with van der Waals surface area (Å²) >= 11 is 0. The lowest BCUT2D eigenvalue weighted by molar-refractivity contribution is 0.291. The monoisotopic (exact) mass is 382 g/mol. The van der Waals surface area contributed by atoms with Gasteiger partial charge >= 0.3 is 0 Å². The second kappa shape index (κ2) is 6.98. The fourth-order valence-electron chi connectivity index (χ4n) is 3.22. The van der Waals surface area contributed by atoms with Crippen molar-refractivity contribution in [2.45, 2.75) is 4.90 Å². The van der Waals surface area contributed by atoms with Gasteiger partial charge in [0.1, 0.15) is 22.6 Å². The number of benzene rings is 1. The van der Waals surface area contributed by atoms with E-state index in [0.717, 1.165) is 32.0 Å². The number of amidine groups is 1. The van der Waals surface area contributed by atoms with Crippen LogP contribution in [0, 0.1) is 11.3 Å². The molecule has 0 atom stereocenters. The smallest absolute Gasteiger partial charge is 0.286 e. The molecule has 0 saturated carbocycles. The van der Waals surface area contributed by atoms with Crippen LogP contribution >= 0.6 is 0 Å². The fraction of sp³-hybridized carbons (Fsp3) is 0.278. The van der Waals surface area contributed by atoms with Crippen LogP contribution in [-0.4, -0.2) is 56.9 Å². The number of aromatic nitrogens is 1. The van der Waals surface area contributed by atoms with Gasteiger partial charge < -0.3 is 10.2 Å². The SMILES string of the molecule is N#Cc1ccc(N2CCN(CC3=NS(=O)(=O)c4ccccc4N3)CC2)nc1. The Balaban J connectivity index is 1.40. The van der Waals surface area contributed by atoms with Crippen LogP contribution in [0.4, 0.5) is 11.5 Å². The van der Waals surface area contributed by atoms with E-state index in [9.17, 15) is 8.42 Å². The quantitative estimate of drug-likeness (QED) is 0.853. The number of hydrogen-bond donors (Lipinski definition) is 1. The molecule has 0 unspecified atom stereocenters. The number of anilines is 2. The van der Waals surface area contributed by atoms with E-state index in [4.69, 9.17) is 5.26 Å². The summed E-state index contributed by atoms with van der Waals surface area (Å²) in [5.74, 6) is 1.29. The summed E-state index contributed by atoms with van der Waals surface area (Å²) in [6.07, 6.45) is 1.57. The van der Waals surface area contributed by atoms with E-state index in [1.54, 1.807) is 36.5 Å². The molecule has 0 aliphatic carbocycles. The Morgan fingerprint density at radius 2 is 1.89 bits per heavy atom. The van der Waals surface area contributed by atoms with Crippen molar-refractivity contribution in [2.24, 2.45) is 4.40 Å². The number of nitrogens with one attached hydrogen (secondary N) is 1. The molecule has 0 amide bonds. The van der Waals surface area contributed by atoms with Gasteiger partial charge in [0, 0.05) is 32.4 Å². The highest BCUT2D eigenvalue weighted by Crippen LogP contribution is 2.26. The highest BCUT2D eigenvalue weighted by atomic mass is 32.2. The van der Waals surface area contributed by atoms with Crippen molar-refractivity contribution in [3.63, 3.8) is 0 Å². The van der Waals surface area contributed by atoms with Crippen LogP contribution < -0.4 is 10.2 Å². The van der Waals surface area contributed by atoms with Gasteiger partial charge in [0.2, 0.25) is 0 Å². The number of hydrogen-bond acceptors (Lipinski definition) is 7. The molecule has 0 spiro atoms. The molecule has 27 heavy (non-hydrogen) atoms. The molecule has 1 aromatic heterocycles. The Morgan fingerprint density at radius 3 is 2.59 bits per heavy atom. The first-order chi connectivity index (χ1) is 13.0. The molecule has 1 fully saturated rings. The van der Waals surface area contributed by atoms with Gasteiger partial charge in [-0.3, -0.25) is 4.90 Å². The summed E-state index contributed by atoms with van der Waals surface area (Å²) in [6.45, 7) is 3.53. The van der Waals surface area contributed by atoms with Crippen molar-refractivity contribution >= 4 is 27.4 Å². The van der Waals surface area contributed by atoms with E-state index in [1.807, 2.05) is 6.07 Å². The molecule has 8 nitrogen and oxygen atoms in total. The lowest BCUT2D eigenvalue weighted by Crippen LogP contribution is -2.49. The van der Waals surface area contributed by atoms with Gasteiger partial charge in [0.25, 0.3) is 10.0 Å². The van der Waals surface area contributed by atoms with Crippen molar-refractivity contribution in [1.29, 1.82) is 5.26 Å². The molecule has 9 heteroatoms. The molecule has 0 bridgehead atoms. The number of piperazine rings is 1. The van der Waals surface area contributed by atoms with Gasteiger partial charge in [0.15, 0.2) is 0 Å². The molecule has 1 aromatic carbocycles. The summed E-state index contributed by atoms with van der Waals surface area (Å²) in [4.78, 5) is 8.86. The second-order valence-corrected chi connectivity index (χ2v) is 7.99. The van der Waals surface area contributed by atoms with E-state index >= 15 is 0 Å². The summed E-state index contributed by atoms with van der Waals surface area (Å²) in [7, 11) is -3.65. The maximum Gasteiger partial charge on any atom is 0.286 e. The van der Waals surface area contributed by atoms with Crippen LogP contribution in [0.25, 0.3) is 0 Å². The third-order valence-electron chi connectivity index (χ3n) is 4.62. The minimum Gasteiger partial charge on any atom is -0.354 e. The molecular formula is C18H18N6O2S. The topological polar surface area (TPSA) is 102 Å². The number of fused-ring (bicyclic) bond motifs is 1. The predicted octanol–water partition coefficient (Wildman–Crippen LogP) is 1.29. The largest absolute Gasteiger partial charge is 0.354 e. The van der Waals surface area contributed by atoms with Crippen LogP contribution in [0.3, 0.4) is 0 Å². The Morgan fingerprint density at radius 1 is 1.11 bits per heavy atom. The van der Waals surface area contributed by atoms with Crippen LogP contribution in [0.1, 0.15) is 5.56 Å². The lowest BCUT2D eigenvalue weighted by atomic mass is 10.2. The van der Waals surface area contributed by atoms with E-state index in [2.05, 4.69) is 30.6 Å². The van der Waals surface area contributed by atoms with Crippen molar-refractivity contribution in [1.82, 2.24) is 9.88 Å². The molecule has 3 heterocycles. The standard InChI is InChI=1S/C18H18N6O2S/c19-11-14-5-6-18(20-12-14)24-9-7-23(8-10-24)13-17-21-15-3-1-2-4-16(15)27(25,26)22-17/h1-6,12H,7-10,13H2,(H,21,22). The molecule has 2 aliphatic heterocycles. The number of rotatable bonds is 3. The van der Waals surface area contributed by atoms with Crippen LogP contribution in [0.5, 0.6) is 0 Å². The third kappa shape index (κ3) is 3.63. The highest BCUT2D eigenvalue weighted by molar-refractivity contribution is 7.90. The zero-order chi connectivity index (χ0) is 18.9. The third-order valence-corrected chi connectivity index (χ3v) is 5.99. The zero-order valence-corrected chi connectivity index (χ0v) is 15.4. The Kier molecular flexibility index (Phi) is 4.51. The van der Waals surface area contributed by atoms with Crippen molar-refractivity contribution in [3.8, 4) is 6.07 Å². The highest BCUT2D eigenvalue weighted by Gasteiger charge is 2.26. The average molecular weight is 382 g/mol. The molecule has 138 valence electrons. The molecule has 4 rings (SSSR count). The minimum absolute atomic E-state index is 0.213. The summed E-state index contributed by atoms with van der Waals surface area (Å²) < 4.78 is 28.6. The molecule has 1 saturated heterocycles. The van der Waals surface area contributed by atoms with Crippen molar-refractivity contribution in [3.05, 3.63) is 48.2 Å². The lowest BCUT2D eigenvalue weighted by Gasteiger charge is -2.35. The maximum atomic E-state index is 12.3. The van der Waals surface area contributed by atoms with E-state index in [-0.39, 0.29) is 4.90 Å². The predicted molar refractivity (Wildman–Crippen MR) is 102 cm³/mol. The first kappa shape index (κ1) is 17.5. The zero-order valence-electron chi connectivity index (χ0n) is 14.5. The Labute approximate surface area is 157 Å². The fourth-order valence-corrected chi connectivity index (χ4v) is 4.36. The van der Waals surface area contributed by atoms with Gasteiger partial charge in [-0.15, -0.1) is 4.40 Å². The molecule has 2 aliphatic rings. The molecule has 0 radical (unpaired) electrons. The first-order valence-electron chi connectivity index (χ1n) is 8.58. The summed E-state index contributed by atoms with van der Waals surface area (Å²) in [5.41, 5.74) is 1.11. The van der Waals surface area contributed by atoms with Gasteiger partial charge in [0.05, 0.1) is 17.8 Å². The molecule has 1 N–H and O–H groups in total. The first-order valence-corrected chi connectivity index (χ1v) is 10.0. The van der Waals surface area contributed by atoms with Gasteiger partial charge in [-0.2, -0.15) is 13.7 Å². The number of para-hydroxylation sites is 1. The second-order valence-electron chi connectivity index (χ2n) is 6.41. The number of nitrogens with zero attached hydrogens (tertiary/aromatic N) is 5. The Bertz CT molecular complexity index is 1020. The van der Waals surface area contributed by atoms with E-state index in [1.165, 1.54) is 0 Å². The van der Waals surface area contributed by atoms with Crippen LogP contribution in [-0.2, 0) is 10.0 Å². The van der Waals surface area contributed by atoms with Gasteiger partial charge in [-0.05, 0) is 24.3 Å². The van der Waals surface area contributed by atoms with Gasteiger partial charge in [-0.1, -0.05) is 12.1 Å². The number of pyridine rings is 1.